The lowest BCUT2D eigenvalue weighted by Crippen LogP contribution is -2.50. The molecule has 1 fully saturated rings. The smallest absolute Gasteiger partial charge is 0.409 e. The van der Waals surface area contributed by atoms with Crippen molar-refractivity contribution in [1.29, 1.82) is 0 Å². The molecule has 108 valence electrons. The third-order valence-corrected chi connectivity index (χ3v) is 3.11. The fourth-order valence-electron chi connectivity index (χ4n) is 2.06. The number of nitrogens with zero attached hydrogens (tertiary/aromatic N) is 2. The second kappa shape index (κ2) is 6.96. The second-order valence-corrected chi connectivity index (χ2v) is 4.75. The number of ether oxygens (including phenoxy) is 1. The molecule has 0 aromatic heterocycles. The van der Waals surface area contributed by atoms with Gasteiger partial charge in [-0.1, -0.05) is 6.92 Å². The summed E-state index contributed by atoms with van der Waals surface area (Å²) in [5, 5.41) is 8.65. The van der Waals surface area contributed by atoms with Crippen LogP contribution in [0.25, 0.3) is 0 Å². The van der Waals surface area contributed by atoms with Gasteiger partial charge >= 0.3 is 12.1 Å². The zero-order valence-electron chi connectivity index (χ0n) is 11.3. The Morgan fingerprint density at radius 3 is 2.11 bits per heavy atom. The first-order chi connectivity index (χ1) is 8.93. The van der Waals surface area contributed by atoms with Crippen LogP contribution in [0.5, 0.6) is 0 Å². The standard InChI is InChI=1S/C12H20N2O5/c1-9(8-11(16)17)7-10(15)13-3-5-14(6-4-13)12(18)19-2/h9H,3-8H2,1-2H3,(H,16,17). The maximum absolute atomic E-state index is 11.9. The Morgan fingerprint density at radius 1 is 1.11 bits per heavy atom. The number of carbonyl (C=O) groups excluding carboxylic acids is 2. The molecular formula is C12H20N2O5. The average molecular weight is 272 g/mol. The Morgan fingerprint density at radius 2 is 1.63 bits per heavy atom. The minimum Gasteiger partial charge on any atom is -0.481 e. The second-order valence-electron chi connectivity index (χ2n) is 4.75. The molecule has 1 rings (SSSR count). The number of rotatable bonds is 4. The van der Waals surface area contributed by atoms with Crippen LogP contribution >= 0.6 is 0 Å². The third-order valence-electron chi connectivity index (χ3n) is 3.11. The predicted octanol–water partition coefficient (Wildman–Crippen LogP) is 0.398. The van der Waals surface area contributed by atoms with Crippen molar-refractivity contribution in [1.82, 2.24) is 9.80 Å². The van der Waals surface area contributed by atoms with E-state index in [4.69, 9.17) is 5.11 Å². The molecule has 0 aromatic carbocycles. The maximum Gasteiger partial charge on any atom is 0.409 e. The van der Waals surface area contributed by atoms with Crippen LogP contribution < -0.4 is 0 Å². The third kappa shape index (κ3) is 4.76. The fraction of sp³-hybridized carbons (Fsp3) is 0.750. The van der Waals surface area contributed by atoms with Crippen LogP contribution in [0.15, 0.2) is 0 Å². The highest BCUT2D eigenvalue weighted by molar-refractivity contribution is 5.78. The van der Waals surface area contributed by atoms with E-state index in [1.165, 1.54) is 7.11 Å². The zero-order valence-corrected chi connectivity index (χ0v) is 11.3. The summed E-state index contributed by atoms with van der Waals surface area (Å²) in [5.41, 5.74) is 0. The van der Waals surface area contributed by atoms with Gasteiger partial charge in [-0.3, -0.25) is 9.59 Å². The van der Waals surface area contributed by atoms with E-state index in [1.54, 1.807) is 16.7 Å². The SMILES string of the molecule is COC(=O)N1CCN(C(=O)CC(C)CC(=O)O)CC1. The summed E-state index contributed by atoms with van der Waals surface area (Å²) in [6.45, 7) is 3.58. The van der Waals surface area contributed by atoms with Gasteiger partial charge in [-0.15, -0.1) is 0 Å². The van der Waals surface area contributed by atoms with E-state index in [-0.39, 0.29) is 30.8 Å². The molecule has 0 aliphatic carbocycles. The van der Waals surface area contributed by atoms with E-state index in [9.17, 15) is 14.4 Å². The van der Waals surface area contributed by atoms with Crippen molar-refractivity contribution >= 4 is 18.0 Å². The summed E-state index contributed by atoms with van der Waals surface area (Å²) < 4.78 is 4.61. The highest BCUT2D eigenvalue weighted by atomic mass is 16.5. The molecule has 0 bridgehead atoms. The van der Waals surface area contributed by atoms with Crippen molar-refractivity contribution in [2.24, 2.45) is 5.92 Å². The first-order valence-corrected chi connectivity index (χ1v) is 6.26. The maximum atomic E-state index is 11.9. The van der Waals surface area contributed by atoms with Crippen LogP contribution in [-0.2, 0) is 14.3 Å². The molecule has 1 unspecified atom stereocenters. The van der Waals surface area contributed by atoms with Crippen LogP contribution in [0.2, 0.25) is 0 Å². The molecule has 7 nitrogen and oxygen atoms in total. The van der Waals surface area contributed by atoms with Gasteiger partial charge < -0.3 is 19.6 Å². The van der Waals surface area contributed by atoms with Crippen molar-refractivity contribution in [3.63, 3.8) is 0 Å². The largest absolute Gasteiger partial charge is 0.481 e. The summed E-state index contributed by atoms with van der Waals surface area (Å²) >= 11 is 0. The number of carboxylic acid groups (broad SMARTS) is 1. The minimum absolute atomic E-state index is 0.00609. The van der Waals surface area contributed by atoms with Crippen LogP contribution in [0.4, 0.5) is 4.79 Å². The Kier molecular flexibility index (Phi) is 5.59. The number of piperazine rings is 1. The van der Waals surface area contributed by atoms with Crippen LogP contribution in [0.1, 0.15) is 19.8 Å². The number of aliphatic carboxylic acids is 1. The number of hydrogen-bond donors (Lipinski definition) is 1. The van der Waals surface area contributed by atoms with Crippen LogP contribution in [0, 0.1) is 5.92 Å². The lowest BCUT2D eigenvalue weighted by Gasteiger charge is -2.34. The number of carboxylic acids is 1. The quantitative estimate of drug-likeness (QED) is 0.800. The Balaban J connectivity index is 2.36. The summed E-state index contributed by atoms with van der Waals surface area (Å²) in [6, 6.07) is 0. The Labute approximate surface area is 112 Å². The molecule has 0 radical (unpaired) electrons. The summed E-state index contributed by atoms with van der Waals surface area (Å²) in [4.78, 5) is 37.0. The minimum atomic E-state index is -0.893. The molecule has 1 saturated heterocycles. The monoisotopic (exact) mass is 272 g/mol. The Bertz CT molecular complexity index is 350. The van der Waals surface area contributed by atoms with Crippen molar-refractivity contribution < 1.29 is 24.2 Å². The lowest BCUT2D eigenvalue weighted by atomic mass is 10.0. The molecule has 1 aliphatic rings. The molecule has 0 saturated carbocycles. The average Bonchev–Trinajstić information content (AvgIpc) is 2.36. The molecule has 7 heteroatoms. The molecule has 1 atom stereocenters. The van der Waals surface area contributed by atoms with Crippen molar-refractivity contribution in [3.05, 3.63) is 0 Å². The summed E-state index contributed by atoms with van der Waals surface area (Å²) in [7, 11) is 1.33. The molecule has 1 aliphatic heterocycles. The van der Waals surface area contributed by atoms with Gasteiger partial charge in [0.2, 0.25) is 5.91 Å². The zero-order chi connectivity index (χ0) is 14.4. The highest BCUT2D eigenvalue weighted by Crippen LogP contribution is 2.12. The number of amides is 2. The van der Waals surface area contributed by atoms with Gasteiger partial charge in [0.1, 0.15) is 0 Å². The van der Waals surface area contributed by atoms with Crippen LogP contribution in [-0.4, -0.2) is 66.2 Å². The van der Waals surface area contributed by atoms with Gasteiger partial charge in [-0.25, -0.2) is 4.79 Å². The van der Waals surface area contributed by atoms with Crippen molar-refractivity contribution in [2.45, 2.75) is 19.8 Å². The van der Waals surface area contributed by atoms with Gasteiger partial charge in [-0.2, -0.15) is 0 Å². The van der Waals surface area contributed by atoms with E-state index in [0.29, 0.717) is 26.2 Å². The molecule has 19 heavy (non-hydrogen) atoms. The van der Waals surface area contributed by atoms with E-state index in [0.717, 1.165) is 0 Å². The van der Waals surface area contributed by atoms with E-state index < -0.39 is 5.97 Å². The van der Waals surface area contributed by atoms with Crippen molar-refractivity contribution in [2.75, 3.05) is 33.3 Å². The number of carbonyl (C=O) groups is 3. The molecule has 0 aromatic rings. The predicted molar refractivity (Wildman–Crippen MR) is 66.6 cm³/mol. The van der Waals surface area contributed by atoms with Crippen molar-refractivity contribution in [3.8, 4) is 0 Å². The molecular weight excluding hydrogens is 252 g/mol. The first kappa shape index (κ1) is 15.3. The normalized spacial score (nSPS) is 16.9. The Hall–Kier alpha value is -1.79. The van der Waals surface area contributed by atoms with Crippen LogP contribution in [0.3, 0.4) is 0 Å². The lowest BCUT2D eigenvalue weighted by molar-refractivity contribution is -0.138. The fourth-order valence-corrected chi connectivity index (χ4v) is 2.06. The number of hydrogen-bond acceptors (Lipinski definition) is 4. The van der Waals surface area contributed by atoms with Gasteiger partial charge in [0.25, 0.3) is 0 Å². The first-order valence-electron chi connectivity index (χ1n) is 6.26. The molecule has 0 spiro atoms. The molecule has 1 N–H and O–H groups in total. The van der Waals surface area contributed by atoms with Gasteiger partial charge in [0.05, 0.1) is 7.11 Å². The van der Waals surface area contributed by atoms with Gasteiger partial charge in [-0.05, 0) is 5.92 Å². The molecule has 2 amide bonds. The van der Waals surface area contributed by atoms with E-state index in [2.05, 4.69) is 4.74 Å². The summed E-state index contributed by atoms with van der Waals surface area (Å²) in [5.74, 6) is -1.13. The van der Waals surface area contributed by atoms with E-state index >= 15 is 0 Å². The van der Waals surface area contributed by atoms with Gasteiger partial charge in [0, 0.05) is 39.0 Å². The van der Waals surface area contributed by atoms with E-state index in [1.807, 2.05) is 0 Å². The topological polar surface area (TPSA) is 87.2 Å². The molecule has 1 heterocycles. The van der Waals surface area contributed by atoms with Gasteiger partial charge in [0.15, 0.2) is 0 Å². The highest BCUT2D eigenvalue weighted by Gasteiger charge is 2.25. The summed E-state index contributed by atoms with van der Waals surface area (Å²) in [6.07, 6.45) is -0.162. The number of methoxy groups -OCH3 is 1.